The number of carbonyl (C=O) groups is 1. The van der Waals surface area contributed by atoms with Crippen LogP contribution in [0.2, 0.25) is 0 Å². The summed E-state index contributed by atoms with van der Waals surface area (Å²) in [6.07, 6.45) is 1.63. The second-order valence-corrected chi connectivity index (χ2v) is 6.79. The summed E-state index contributed by atoms with van der Waals surface area (Å²) in [5.74, 6) is 0.0908. The Bertz CT molecular complexity index is 1150. The van der Waals surface area contributed by atoms with Crippen LogP contribution in [0, 0.1) is 24.1 Å². The lowest BCUT2D eigenvalue weighted by atomic mass is 10.0. The second-order valence-electron chi connectivity index (χ2n) is 6.79. The Labute approximate surface area is 180 Å². The number of aryl methyl sites for hydroxylation is 1. The number of carbonyl (C=O) groups excluding carboxylic acids is 1. The molecule has 1 N–H and O–H groups in total. The summed E-state index contributed by atoms with van der Waals surface area (Å²) in [5.41, 5.74) is 3.26. The molecule has 3 rings (SSSR count). The fraction of sp³-hybridized carbons (Fsp3) is 0.120. The Morgan fingerprint density at radius 3 is 2.55 bits per heavy atom. The quantitative estimate of drug-likeness (QED) is 0.423. The molecule has 0 radical (unpaired) electrons. The Hall–Kier alpha value is -4.11. The smallest absolute Gasteiger partial charge is 0.262 e. The number of ether oxygens (including phenoxy) is 2. The van der Waals surface area contributed by atoms with E-state index in [4.69, 9.17) is 9.47 Å². The number of amides is 1. The van der Waals surface area contributed by atoms with Crippen LogP contribution in [0.25, 0.3) is 11.6 Å². The van der Waals surface area contributed by atoms with Gasteiger partial charge in [0.15, 0.2) is 18.1 Å². The van der Waals surface area contributed by atoms with Crippen LogP contribution in [0.1, 0.15) is 16.7 Å². The molecule has 0 aliphatic rings. The lowest BCUT2D eigenvalue weighted by Crippen LogP contribution is -2.20. The maximum Gasteiger partial charge on any atom is 0.262 e. The molecule has 0 heterocycles. The maximum absolute atomic E-state index is 13.5. The molecular formula is C25H21FN2O3. The van der Waals surface area contributed by atoms with Crippen LogP contribution in [-0.4, -0.2) is 19.6 Å². The van der Waals surface area contributed by atoms with E-state index in [1.807, 2.05) is 31.2 Å². The summed E-state index contributed by atoms with van der Waals surface area (Å²) < 4.78 is 24.4. The number of anilines is 1. The van der Waals surface area contributed by atoms with E-state index in [0.29, 0.717) is 33.9 Å². The van der Waals surface area contributed by atoms with Crippen molar-refractivity contribution < 1.29 is 18.7 Å². The minimum atomic E-state index is -0.413. The molecule has 0 aliphatic heterocycles. The van der Waals surface area contributed by atoms with Crippen LogP contribution >= 0.6 is 0 Å². The van der Waals surface area contributed by atoms with E-state index in [1.54, 1.807) is 36.4 Å². The number of allylic oxidation sites excluding steroid dienone is 1. The number of nitrogens with one attached hydrogen (secondary N) is 1. The van der Waals surface area contributed by atoms with E-state index >= 15 is 0 Å². The topological polar surface area (TPSA) is 71.3 Å². The monoisotopic (exact) mass is 416 g/mol. The summed E-state index contributed by atoms with van der Waals surface area (Å²) in [6, 6.07) is 20.4. The van der Waals surface area contributed by atoms with Crippen LogP contribution in [0.5, 0.6) is 11.5 Å². The fourth-order valence-corrected chi connectivity index (χ4v) is 2.87. The van der Waals surface area contributed by atoms with Crippen molar-refractivity contribution in [1.29, 1.82) is 5.26 Å². The number of methoxy groups -OCH3 is 1. The van der Waals surface area contributed by atoms with E-state index < -0.39 is 5.82 Å². The second kappa shape index (κ2) is 10.1. The zero-order valence-electron chi connectivity index (χ0n) is 17.2. The average molecular weight is 416 g/mol. The molecule has 6 heteroatoms. The van der Waals surface area contributed by atoms with Crippen molar-refractivity contribution in [3.05, 3.63) is 89.2 Å². The van der Waals surface area contributed by atoms with Crippen molar-refractivity contribution in [2.24, 2.45) is 0 Å². The zero-order valence-corrected chi connectivity index (χ0v) is 17.2. The van der Waals surface area contributed by atoms with E-state index in [9.17, 15) is 14.4 Å². The lowest BCUT2D eigenvalue weighted by molar-refractivity contribution is -0.118. The summed E-state index contributed by atoms with van der Waals surface area (Å²) in [7, 11) is 1.49. The highest BCUT2D eigenvalue weighted by Gasteiger charge is 2.10. The van der Waals surface area contributed by atoms with Crippen molar-refractivity contribution in [2.45, 2.75) is 6.92 Å². The van der Waals surface area contributed by atoms with Crippen LogP contribution in [-0.2, 0) is 4.79 Å². The SMILES string of the molecule is COc1cc(/C=C(/C#N)c2cccc(F)c2)ccc1OCC(=O)Nc1ccc(C)cc1. The molecule has 3 aromatic carbocycles. The predicted molar refractivity (Wildman–Crippen MR) is 118 cm³/mol. The van der Waals surface area contributed by atoms with Gasteiger partial charge in [0.1, 0.15) is 5.82 Å². The molecule has 0 fully saturated rings. The summed E-state index contributed by atoms with van der Waals surface area (Å²) in [4.78, 5) is 12.2. The van der Waals surface area contributed by atoms with E-state index in [0.717, 1.165) is 5.56 Å². The van der Waals surface area contributed by atoms with Gasteiger partial charge in [-0.3, -0.25) is 4.79 Å². The van der Waals surface area contributed by atoms with E-state index in [-0.39, 0.29) is 12.5 Å². The first-order chi connectivity index (χ1) is 15.0. The number of nitrogens with zero attached hydrogens (tertiary/aromatic N) is 1. The summed E-state index contributed by atoms with van der Waals surface area (Å²) in [5, 5.41) is 12.2. The van der Waals surface area contributed by atoms with Crippen molar-refractivity contribution in [1.82, 2.24) is 0 Å². The number of halogens is 1. The molecule has 0 unspecified atom stereocenters. The van der Waals surface area contributed by atoms with Gasteiger partial charge in [-0.2, -0.15) is 5.26 Å². The molecule has 0 saturated carbocycles. The molecule has 31 heavy (non-hydrogen) atoms. The third-order valence-corrected chi connectivity index (χ3v) is 4.45. The molecule has 1 amide bonds. The molecule has 0 aromatic heterocycles. The van der Waals surface area contributed by atoms with Crippen LogP contribution in [0.3, 0.4) is 0 Å². The Kier molecular flexibility index (Phi) is 7.02. The fourth-order valence-electron chi connectivity index (χ4n) is 2.87. The molecule has 0 aliphatic carbocycles. The minimum absolute atomic E-state index is 0.188. The Morgan fingerprint density at radius 1 is 1.10 bits per heavy atom. The Balaban J connectivity index is 1.71. The molecule has 156 valence electrons. The molecule has 0 saturated heterocycles. The van der Waals surface area contributed by atoms with Crippen LogP contribution in [0.4, 0.5) is 10.1 Å². The Morgan fingerprint density at radius 2 is 1.87 bits per heavy atom. The van der Waals surface area contributed by atoms with Gasteiger partial charge in [0, 0.05) is 5.69 Å². The normalized spacial score (nSPS) is 10.8. The standard InChI is InChI=1S/C25H21FN2O3/c1-17-6-9-22(10-7-17)28-25(29)16-31-23-11-8-18(13-24(23)30-2)12-20(15-27)19-4-3-5-21(26)14-19/h3-14H,16H2,1-2H3,(H,28,29)/b20-12-. The largest absolute Gasteiger partial charge is 0.493 e. The molecule has 3 aromatic rings. The van der Waals surface area contributed by atoms with Crippen LogP contribution < -0.4 is 14.8 Å². The van der Waals surface area contributed by atoms with Gasteiger partial charge < -0.3 is 14.8 Å². The van der Waals surface area contributed by atoms with Crippen molar-refractivity contribution in [2.75, 3.05) is 19.0 Å². The highest BCUT2D eigenvalue weighted by molar-refractivity contribution is 5.92. The summed E-state index contributed by atoms with van der Waals surface area (Å²) >= 11 is 0. The summed E-state index contributed by atoms with van der Waals surface area (Å²) in [6.45, 7) is 1.78. The van der Waals surface area contributed by atoms with E-state index in [1.165, 1.54) is 19.2 Å². The number of benzene rings is 3. The average Bonchev–Trinajstić information content (AvgIpc) is 2.78. The predicted octanol–water partition coefficient (Wildman–Crippen LogP) is 5.22. The van der Waals surface area contributed by atoms with Crippen molar-refractivity contribution >= 4 is 23.2 Å². The minimum Gasteiger partial charge on any atom is -0.493 e. The number of hydrogen-bond donors (Lipinski definition) is 1. The maximum atomic E-state index is 13.5. The van der Waals surface area contributed by atoms with Gasteiger partial charge in [0.2, 0.25) is 0 Å². The third-order valence-electron chi connectivity index (χ3n) is 4.45. The first-order valence-corrected chi connectivity index (χ1v) is 9.53. The number of rotatable bonds is 7. The highest BCUT2D eigenvalue weighted by Crippen LogP contribution is 2.30. The molecule has 5 nitrogen and oxygen atoms in total. The zero-order chi connectivity index (χ0) is 22.2. The van der Waals surface area contributed by atoms with E-state index in [2.05, 4.69) is 11.4 Å². The van der Waals surface area contributed by atoms with Gasteiger partial charge in [-0.05, 0) is 60.5 Å². The third kappa shape index (κ3) is 5.94. The first-order valence-electron chi connectivity index (χ1n) is 9.53. The molecule has 0 spiro atoms. The highest BCUT2D eigenvalue weighted by atomic mass is 19.1. The van der Waals surface area contributed by atoms with Crippen molar-refractivity contribution in [3.63, 3.8) is 0 Å². The van der Waals surface area contributed by atoms with Gasteiger partial charge in [-0.25, -0.2) is 4.39 Å². The van der Waals surface area contributed by atoms with Gasteiger partial charge >= 0.3 is 0 Å². The van der Waals surface area contributed by atoms with Gasteiger partial charge in [-0.1, -0.05) is 35.9 Å². The number of hydrogen-bond acceptors (Lipinski definition) is 4. The van der Waals surface area contributed by atoms with Crippen molar-refractivity contribution in [3.8, 4) is 17.6 Å². The molecular weight excluding hydrogens is 395 g/mol. The lowest BCUT2D eigenvalue weighted by Gasteiger charge is -2.12. The van der Waals surface area contributed by atoms with Gasteiger partial charge in [0.05, 0.1) is 18.8 Å². The van der Waals surface area contributed by atoms with Gasteiger partial charge in [0.25, 0.3) is 5.91 Å². The number of nitriles is 1. The van der Waals surface area contributed by atoms with Gasteiger partial charge in [-0.15, -0.1) is 0 Å². The first kappa shape index (κ1) is 21.6. The van der Waals surface area contributed by atoms with Crippen LogP contribution in [0.15, 0.2) is 66.7 Å². The molecule has 0 atom stereocenters. The molecule has 0 bridgehead atoms.